The predicted molar refractivity (Wildman–Crippen MR) is 116 cm³/mol. The van der Waals surface area contributed by atoms with E-state index in [-0.39, 0.29) is 41.7 Å². The fourth-order valence-electron chi connectivity index (χ4n) is 3.60. The molecule has 0 aliphatic carbocycles. The maximum absolute atomic E-state index is 13.0. The first-order valence-electron chi connectivity index (χ1n) is 9.86. The smallest absolute Gasteiger partial charge is 0.339 e. The summed E-state index contributed by atoms with van der Waals surface area (Å²) in [7, 11) is -0.876. The number of ether oxygens (including phenoxy) is 2. The molecule has 1 heterocycles. The Bertz CT molecular complexity index is 1060. The molecule has 0 spiro atoms. The molecule has 0 N–H and O–H groups in total. The van der Waals surface area contributed by atoms with Gasteiger partial charge in [-0.05, 0) is 50.2 Å². The number of nitrogens with zero attached hydrogens (tertiary/aromatic N) is 2. The van der Waals surface area contributed by atoms with E-state index in [9.17, 15) is 18.0 Å². The largest absolute Gasteiger partial charge is 0.465 e. The van der Waals surface area contributed by atoms with Gasteiger partial charge in [-0.15, -0.1) is 0 Å². The summed E-state index contributed by atoms with van der Waals surface area (Å²) in [5.74, 6) is -0.931. The Balaban J connectivity index is 1.83. The lowest BCUT2D eigenvalue weighted by Crippen LogP contribution is -2.48. The van der Waals surface area contributed by atoms with Crippen molar-refractivity contribution in [1.29, 1.82) is 0 Å². The number of carbonyl (C=O) groups is 2. The second-order valence-electron chi connectivity index (χ2n) is 7.48. The van der Waals surface area contributed by atoms with Crippen LogP contribution in [0.25, 0.3) is 0 Å². The molecule has 0 saturated carbocycles. The van der Waals surface area contributed by atoms with Gasteiger partial charge in [-0.1, -0.05) is 12.1 Å². The molecule has 2 atom stereocenters. The Morgan fingerprint density at radius 1 is 1.03 bits per heavy atom. The lowest BCUT2D eigenvalue weighted by molar-refractivity contribution is -0.0440. The van der Waals surface area contributed by atoms with E-state index in [1.54, 1.807) is 31.3 Å². The molecule has 2 aromatic carbocycles. The molecule has 166 valence electrons. The summed E-state index contributed by atoms with van der Waals surface area (Å²) in [6.07, 6.45) is -0.384. The van der Waals surface area contributed by atoms with Crippen LogP contribution in [0.4, 0.5) is 5.69 Å². The molecule has 8 nitrogen and oxygen atoms in total. The second-order valence-corrected chi connectivity index (χ2v) is 9.41. The van der Waals surface area contributed by atoms with Gasteiger partial charge in [0.2, 0.25) is 10.0 Å². The summed E-state index contributed by atoms with van der Waals surface area (Å²) in [4.78, 5) is 26.4. The Labute approximate surface area is 182 Å². The van der Waals surface area contributed by atoms with E-state index in [0.29, 0.717) is 11.3 Å². The standard InChI is InChI=1S/C22H26N2O6S/c1-15-13-24(14-16(2)30-15)31(27,28)18-11-9-17(10-12-18)21(25)23(3)20-8-6-5-7-19(20)22(26)29-4/h5-12,15-16H,13-14H2,1-4H3/t15-,16-/m0/s1. The van der Waals surface area contributed by atoms with Gasteiger partial charge in [0.1, 0.15) is 0 Å². The van der Waals surface area contributed by atoms with Crippen molar-refractivity contribution in [2.24, 2.45) is 0 Å². The van der Waals surface area contributed by atoms with Crippen LogP contribution in [0.15, 0.2) is 53.4 Å². The predicted octanol–water partition coefficient (Wildman–Crippen LogP) is 2.55. The van der Waals surface area contributed by atoms with Crippen LogP contribution in [-0.4, -0.2) is 64.1 Å². The van der Waals surface area contributed by atoms with E-state index in [0.717, 1.165) is 0 Å². The van der Waals surface area contributed by atoms with Crippen LogP contribution in [-0.2, 0) is 19.5 Å². The summed E-state index contributed by atoms with van der Waals surface area (Å²) in [5, 5.41) is 0. The maximum atomic E-state index is 13.0. The van der Waals surface area contributed by atoms with E-state index in [2.05, 4.69) is 0 Å². The highest BCUT2D eigenvalue weighted by Gasteiger charge is 2.32. The van der Waals surface area contributed by atoms with Crippen molar-refractivity contribution in [1.82, 2.24) is 4.31 Å². The molecule has 0 unspecified atom stereocenters. The van der Waals surface area contributed by atoms with Gasteiger partial charge in [0.15, 0.2) is 0 Å². The lowest BCUT2D eigenvalue weighted by atomic mass is 10.1. The topological polar surface area (TPSA) is 93.2 Å². The van der Waals surface area contributed by atoms with E-state index in [1.807, 2.05) is 13.8 Å². The second kappa shape index (κ2) is 9.17. The molecule has 1 aliphatic rings. The fraction of sp³-hybridized carbons (Fsp3) is 0.364. The molecular formula is C22H26N2O6S. The number of anilines is 1. The summed E-state index contributed by atoms with van der Waals surface area (Å²) < 4.78 is 37.8. The van der Waals surface area contributed by atoms with Crippen LogP contribution >= 0.6 is 0 Å². The van der Waals surface area contributed by atoms with E-state index in [1.165, 1.54) is 40.6 Å². The molecule has 1 amide bonds. The number of para-hydroxylation sites is 1. The molecule has 9 heteroatoms. The van der Waals surface area contributed by atoms with Gasteiger partial charge >= 0.3 is 5.97 Å². The van der Waals surface area contributed by atoms with Crippen LogP contribution in [0.3, 0.4) is 0 Å². The van der Waals surface area contributed by atoms with Crippen molar-refractivity contribution in [3.05, 3.63) is 59.7 Å². The number of esters is 1. The number of rotatable bonds is 5. The van der Waals surface area contributed by atoms with Gasteiger partial charge in [0, 0.05) is 25.7 Å². The molecule has 1 fully saturated rings. The highest BCUT2D eigenvalue weighted by Crippen LogP contribution is 2.24. The first-order chi connectivity index (χ1) is 14.6. The summed E-state index contributed by atoms with van der Waals surface area (Å²) in [6, 6.07) is 12.4. The minimum absolute atomic E-state index is 0.114. The van der Waals surface area contributed by atoms with Crippen LogP contribution in [0.2, 0.25) is 0 Å². The maximum Gasteiger partial charge on any atom is 0.339 e. The third-order valence-electron chi connectivity index (χ3n) is 5.10. The normalized spacial score (nSPS) is 19.6. The molecule has 0 aromatic heterocycles. The number of hydrogen-bond donors (Lipinski definition) is 0. The van der Waals surface area contributed by atoms with Gasteiger partial charge in [-0.25, -0.2) is 13.2 Å². The van der Waals surface area contributed by atoms with Crippen molar-refractivity contribution in [3.8, 4) is 0 Å². The molecule has 1 aliphatic heterocycles. The van der Waals surface area contributed by atoms with E-state index in [4.69, 9.17) is 9.47 Å². The zero-order valence-corrected chi connectivity index (χ0v) is 18.8. The number of morpholine rings is 1. The van der Waals surface area contributed by atoms with Gasteiger partial charge in [0.05, 0.1) is 35.5 Å². The zero-order chi connectivity index (χ0) is 22.8. The van der Waals surface area contributed by atoms with Crippen LogP contribution in [0.1, 0.15) is 34.6 Å². The number of benzene rings is 2. The number of hydrogen-bond acceptors (Lipinski definition) is 6. The van der Waals surface area contributed by atoms with E-state index < -0.39 is 16.0 Å². The first kappa shape index (κ1) is 22.9. The highest BCUT2D eigenvalue weighted by atomic mass is 32.2. The van der Waals surface area contributed by atoms with Crippen LogP contribution < -0.4 is 4.90 Å². The third kappa shape index (κ3) is 4.79. The monoisotopic (exact) mass is 446 g/mol. The lowest BCUT2D eigenvalue weighted by Gasteiger charge is -2.34. The molecule has 2 aromatic rings. The molecular weight excluding hydrogens is 420 g/mol. The Kier molecular flexibility index (Phi) is 6.78. The highest BCUT2D eigenvalue weighted by molar-refractivity contribution is 7.89. The van der Waals surface area contributed by atoms with Crippen molar-refractivity contribution in [2.75, 3.05) is 32.1 Å². The molecule has 0 radical (unpaired) electrons. The first-order valence-corrected chi connectivity index (χ1v) is 11.3. The molecule has 31 heavy (non-hydrogen) atoms. The van der Waals surface area contributed by atoms with E-state index >= 15 is 0 Å². The number of sulfonamides is 1. The van der Waals surface area contributed by atoms with Gasteiger partial charge in [-0.3, -0.25) is 4.79 Å². The van der Waals surface area contributed by atoms with Gasteiger partial charge in [-0.2, -0.15) is 4.31 Å². The summed E-state index contributed by atoms with van der Waals surface area (Å²) in [6.45, 7) is 4.23. The van der Waals surface area contributed by atoms with Crippen molar-refractivity contribution >= 4 is 27.6 Å². The Morgan fingerprint density at radius 2 is 1.61 bits per heavy atom. The Hall–Kier alpha value is -2.75. The molecule has 1 saturated heterocycles. The number of carbonyl (C=O) groups excluding carboxylic acids is 2. The van der Waals surface area contributed by atoms with Crippen LogP contribution in [0.5, 0.6) is 0 Å². The average Bonchev–Trinajstić information content (AvgIpc) is 2.77. The Morgan fingerprint density at radius 3 is 2.19 bits per heavy atom. The number of amides is 1. The fourth-order valence-corrected chi connectivity index (χ4v) is 5.19. The minimum Gasteiger partial charge on any atom is -0.465 e. The van der Waals surface area contributed by atoms with Crippen molar-refractivity contribution in [2.45, 2.75) is 31.0 Å². The SMILES string of the molecule is COC(=O)c1ccccc1N(C)C(=O)c1ccc(S(=O)(=O)N2C[C@H](C)O[C@@H](C)C2)cc1. The summed E-state index contributed by atoms with van der Waals surface area (Å²) >= 11 is 0. The molecule has 0 bridgehead atoms. The minimum atomic E-state index is -3.70. The third-order valence-corrected chi connectivity index (χ3v) is 6.95. The van der Waals surface area contributed by atoms with Crippen molar-refractivity contribution in [3.63, 3.8) is 0 Å². The molecule has 3 rings (SSSR count). The van der Waals surface area contributed by atoms with Gasteiger partial charge in [0.25, 0.3) is 5.91 Å². The number of methoxy groups -OCH3 is 1. The zero-order valence-electron chi connectivity index (χ0n) is 17.9. The van der Waals surface area contributed by atoms with Gasteiger partial charge < -0.3 is 14.4 Å². The average molecular weight is 447 g/mol. The summed E-state index contributed by atoms with van der Waals surface area (Å²) in [5.41, 5.74) is 0.952. The van der Waals surface area contributed by atoms with Crippen molar-refractivity contribution < 1.29 is 27.5 Å². The van der Waals surface area contributed by atoms with Crippen LogP contribution in [0, 0.1) is 0 Å². The quantitative estimate of drug-likeness (QED) is 0.656.